The van der Waals surface area contributed by atoms with Gasteiger partial charge in [-0.2, -0.15) is 0 Å². The largest absolute Gasteiger partial charge is 0.204 e. The maximum atomic E-state index is 14.2. The molecule has 2 aromatic rings. The topological polar surface area (TPSA) is 0 Å². The molecule has 1 aliphatic rings. The van der Waals surface area contributed by atoms with Gasteiger partial charge in [-0.05, 0) is 39.2 Å². The van der Waals surface area contributed by atoms with Crippen molar-refractivity contribution >= 4 is 35.3 Å². The molecule has 0 N–H and O–H groups in total. The molecule has 2 aromatic carbocycles. The summed E-state index contributed by atoms with van der Waals surface area (Å²) in [5, 5.41) is 0. The molecule has 1 unspecified atom stereocenters. The second kappa shape index (κ2) is 4.69. The van der Waals surface area contributed by atoms with Crippen LogP contribution in [0.5, 0.6) is 0 Å². The summed E-state index contributed by atoms with van der Waals surface area (Å²) in [6.07, 6.45) is 0. The van der Waals surface area contributed by atoms with Crippen LogP contribution < -0.4 is 0 Å². The molecule has 1 aliphatic heterocycles. The Hall–Kier alpha value is -1.16. The molecule has 0 fully saturated rings. The van der Waals surface area contributed by atoms with Gasteiger partial charge >= 0.3 is 0 Å². The molecule has 0 nitrogen and oxygen atoms in total. The molecule has 1 atom stereocenters. The predicted molar refractivity (Wildman–Crippen MR) is 79.4 cm³/mol. The van der Waals surface area contributed by atoms with Crippen molar-refractivity contribution in [3.05, 3.63) is 64.7 Å². The molecule has 0 bridgehead atoms. The van der Waals surface area contributed by atoms with Crippen molar-refractivity contribution in [3.63, 3.8) is 0 Å². The van der Waals surface area contributed by atoms with Gasteiger partial charge < -0.3 is 0 Å². The molecule has 6 heteroatoms. The van der Waals surface area contributed by atoms with Gasteiger partial charge in [-0.25, -0.2) is 8.78 Å². The molecule has 92 valence electrons. The van der Waals surface area contributed by atoms with Crippen LogP contribution in [-0.4, -0.2) is 23.5 Å². The number of fused-ring (bicyclic) bond motifs is 2. The molecular formula is C14H7B3F2S. The van der Waals surface area contributed by atoms with E-state index in [0.29, 0.717) is 5.56 Å². The van der Waals surface area contributed by atoms with Gasteiger partial charge in [-0.1, -0.05) is 24.3 Å². The van der Waals surface area contributed by atoms with Crippen LogP contribution in [0, 0.1) is 11.6 Å². The third-order valence-corrected chi connectivity index (χ3v) is 4.52. The number of hydrogen-bond acceptors (Lipinski definition) is 1. The zero-order chi connectivity index (χ0) is 14.5. The predicted octanol–water partition coefficient (Wildman–Crippen LogP) is 2.78. The fraction of sp³-hybridized carbons (Fsp3) is 0.143. The minimum absolute atomic E-state index is 0.0776. The summed E-state index contributed by atoms with van der Waals surface area (Å²) < 4.78 is 26.1. The smallest absolute Gasteiger partial charge is 0.162 e. The van der Waals surface area contributed by atoms with E-state index >= 15 is 0 Å². The molecule has 0 saturated carbocycles. The van der Waals surface area contributed by atoms with Crippen LogP contribution in [0.1, 0.15) is 22.5 Å². The molecule has 0 amide bonds. The molecule has 0 spiro atoms. The van der Waals surface area contributed by atoms with E-state index in [2.05, 4.69) is 0 Å². The lowest BCUT2D eigenvalue weighted by molar-refractivity contribution is 0.498. The standard InChI is InChI=1S/C14H7B3F2S/c15-12-7-3-1-2-4-10(7)20-14(16,17)11-8(12)5-6-9(18)13(11)19/h1-6,12H. The Bertz CT molecular complexity index is 688. The summed E-state index contributed by atoms with van der Waals surface area (Å²) in [5.74, 6) is -2.62. The van der Waals surface area contributed by atoms with Gasteiger partial charge in [0.15, 0.2) is 11.6 Å². The third kappa shape index (κ3) is 2.01. The van der Waals surface area contributed by atoms with E-state index in [9.17, 15) is 8.78 Å². The highest BCUT2D eigenvalue weighted by Gasteiger charge is 2.34. The molecular weight excluding hydrogens is 271 g/mol. The highest BCUT2D eigenvalue weighted by atomic mass is 32.2. The van der Waals surface area contributed by atoms with Crippen molar-refractivity contribution in [1.82, 2.24) is 0 Å². The first-order valence-corrected chi connectivity index (χ1v) is 6.83. The van der Waals surface area contributed by atoms with Crippen molar-refractivity contribution in [2.75, 3.05) is 0 Å². The Morgan fingerprint density at radius 1 is 1.00 bits per heavy atom. The van der Waals surface area contributed by atoms with Gasteiger partial charge in [0.05, 0.1) is 23.5 Å². The van der Waals surface area contributed by atoms with Gasteiger partial charge in [0.25, 0.3) is 0 Å². The summed E-state index contributed by atoms with van der Waals surface area (Å²) in [6, 6.07) is 9.78. The van der Waals surface area contributed by atoms with Crippen LogP contribution in [0.25, 0.3) is 0 Å². The number of rotatable bonds is 0. The van der Waals surface area contributed by atoms with Crippen LogP contribution >= 0.6 is 11.8 Å². The lowest BCUT2D eigenvalue weighted by atomic mass is 9.61. The molecule has 20 heavy (non-hydrogen) atoms. The Labute approximate surface area is 124 Å². The lowest BCUT2D eigenvalue weighted by Gasteiger charge is -2.27. The maximum absolute atomic E-state index is 14.2. The van der Waals surface area contributed by atoms with Gasteiger partial charge in [0.2, 0.25) is 0 Å². The van der Waals surface area contributed by atoms with E-state index < -0.39 is 22.0 Å². The number of hydrogen-bond donors (Lipinski definition) is 0. The Kier molecular flexibility index (Phi) is 3.24. The van der Waals surface area contributed by atoms with Crippen molar-refractivity contribution in [2.45, 2.75) is 15.3 Å². The van der Waals surface area contributed by atoms with Gasteiger partial charge in [-0.15, -0.1) is 11.8 Å². The van der Waals surface area contributed by atoms with E-state index in [-0.39, 0.29) is 5.56 Å². The van der Waals surface area contributed by atoms with E-state index in [1.165, 1.54) is 6.07 Å². The van der Waals surface area contributed by atoms with Gasteiger partial charge in [-0.3, -0.25) is 0 Å². The maximum Gasteiger partial charge on any atom is 0.162 e. The summed E-state index contributed by atoms with van der Waals surface area (Å²) in [4.78, 5) is 0.765. The SMILES string of the molecule is [B]C1c2ccccc2SC([B])([B])c2c1ccc(F)c2F. The first-order chi connectivity index (χ1) is 9.42. The number of thioether (sulfide) groups is 1. The Morgan fingerprint density at radius 2 is 1.70 bits per heavy atom. The van der Waals surface area contributed by atoms with E-state index in [1.807, 2.05) is 24.3 Å². The monoisotopic (exact) mass is 278 g/mol. The van der Waals surface area contributed by atoms with Crippen molar-refractivity contribution in [2.24, 2.45) is 0 Å². The summed E-state index contributed by atoms with van der Waals surface area (Å²) >= 11 is 1.07. The Morgan fingerprint density at radius 3 is 2.45 bits per heavy atom. The molecule has 0 aliphatic carbocycles. The van der Waals surface area contributed by atoms with Crippen molar-refractivity contribution < 1.29 is 8.78 Å². The van der Waals surface area contributed by atoms with Crippen LogP contribution in [0.2, 0.25) is 0 Å². The summed E-state index contributed by atoms with van der Waals surface area (Å²) in [5.41, 5.74) is 1.13. The average molecular weight is 278 g/mol. The summed E-state index contributed by atoms with van der Waals surface area (Å²) in [6.45, 7) is 0. The van der Waals surface area contributed by atoms with Crippen LogP contribution in [0.4, 0.5) is 8.78 Å². The van der Waals surface area contributed by atoms with Gasteiger partial charge in [0, 0.05) is 4.90 Å². The Balaban J connectivity index is 2.33. The van der Waals surface area contributed by atoms with Crippen LogP contribution in [0.15, 0.2) is 41.3 Å². The zero-order valence-corrected chi connectivity index (χ0v) is 11.3. The fourth-order valence-corrected chi connectivity index (χ4v) is 3.59. The third-order valence-electron chi connectivity index (χ3n) is 3.39. The normalized spacial score (nSPS) is 19.8. The van der Waals surface area contributed by atoms with E-state index in [0.717, 1.165) is 28.3 Å². The number of benzene rings is 2. The van der Waals surface area contributed by atoms with Crippen molar-refractivity contribution in [1.29, 1.82) is 0 Å². The van der Waals surface area contributed by atoms with E-state index in [4.69, 9.17) is 23.5 Å². The molecule has 0 aromatic heterocycles. The van der Waals surface area contributed by atoms with Gasteiger partial charge in [0.1, 0.15) is 0 Å². The zero-order valence-electron chi connectivity index (χ0n) is 10.4. The molecule has 1 heterocycles. The first-order valence-electron chi connectivity index (χ1n) is 6.01. The minimum Gasteiger partial charge on any atom is -0.204 e. The average Bonchev–Trinajstić information content (AvgIpc) is 2.48. The quantitative estimate of drug-likeness (QED) is 0.667. The lowest BCUT2D eigenvalue weighted by Crippen LogP contribution is -2.26. The minimum atomic E-state index is -1.58. The molecule has 6 radical (unpaired) electrons. The molecule has 0 saturated heterocycles. The first kappa shape index (κ1) is 13.8. The second-order valence-electron chi connectivity index (χ2n) is 4.74. The highest BCUT2D eigenvalue weighted by molar-refractivity contribution is 8.02. The fourth-order valence-electron chi connectivity index (χ4n) is 2.45. The molecule has 3 rings (SSSR count). The van der Waals surface area contributed by atoms with Crippen molar-refractivity contribution in [3.8, 4) is 0 Å². The summed E-state index contributed by atoms with van der Waals surface area (Å²) in [7, 11) is 18.2. The second-order valence-corrected chi connectivity index (χ2v) is 6.06. The number of halogens is 2. The van der Waals surface area contributed by atoms with Crippen LogP contribution in [0.3, 0.4) is 0 Å². The van der Waals surface area contributed by atoms with E-state index in [1.54, 1.807) is 0 Å². The highest BCUT2D eigenvalue weighted by Crippen LogP contribution is 2.47. The van der Waals surface area contributed by atoms with Crippen LogP contribution in [-0.2, 0) is 4.55 Å².